The maximum atomic E-state index is 13.1. The van der Waals surface area contributed by atoms with E-state index in [0.29, 0.717) is 57.9 Å². The average molecular weight is 975 g/mol. The maximum Gasteiger partial charge on any atom is 0.410 e. The van der Waals surface area contributed by atoms with Gasteiger partial charge >= 0.3 is 18.2 Å². The Morgan fingerprint density at radius 2 is 0.817 bits per heavy atom. The largest absolute Gasteiger partial charge is 0.481 e. The second-order valence-electron chi connectivity index (χ2n) is 21.3. The lowest BCUT2D eigenvalue weighted by atomic mass is 9.94. The van der Waals surface area contributed by atoms with E-state index in [1.807, 2.05) is 53.7 Å². The van der Waals surface area contributed by atoms with Crippen LogP contribution in [0, 0.1) is 11.8 Å². The Balaban J connectivity index is 0.000000256. The Morgan fingerprint density at radius 1 is 0.521 bits per heavy atom. The summed E-state index contributed by atoms with van der Waals surface area (Å²) in [4.78, 5) is 51.1. The van der Waals surface area contributed by atoms with Crippen LogP contribution >= 0.6 is 0 Å². The number of ether oxygens (including phenoxy) is 2. The summed E-state index contributed by atoms with van der Waals surface area (Å²) >= 11 is 0. The lowest BCUT2D eigenvalue weighted by Gasteiger charge is -2.33. The van der Waals surface area contributed by atoms with E-state index >= 15 is 0 Å². The topological polar surface area (TPSA) is 152 Å². The fourth-order valence-electron chi connectivity index (χ4n) is 8.86. The Labute approximate surface area is 426 Å². The maximum absolute atomic E-state index is 13.1. The molecule has 388 valence electrons. The molecule has 2 saturated heterocycles. The molecule has 0 radical (unpaired) electrons. The number of amides is 3. The number of rotatable bonds is 19. The number of nitrogens with one attached hydrogen (secondary N) is 1. The van der Waals surface area contributed by atoms with Gasteiger partial charge in [0.15, 0.2) is 0 Å². The van der Waals surface area contributed by atoms with Gasteiger partial charge < -0.3 is 35.4 Å². The molecular formula is C60H86N4O7. The highest BCUT2D eigenvalue weighted by molar-refractivity contribution is 5.79. The van der Waals surface area contributed by atoms with Crippen LogP contribution in [0.3, 0.4) is 0 Å². The predicted octanol–water partition coefficient (Wildman–Crippen LogP) is 12.2. The minimum Gasteiger partial charge on any atom is -0.481 e. The van der Waals surface area contributed by atoms with Gasteiger partial charge in [0, 0.05) is 44.2 Å². The van der Waals surface area contributed by atoms with E-state index in [9.17, 15) is 19.2 Å². The zero-order valence-corrected chi connectivity index (χ0v) is 43.9. The van der Waals surface area contributed by atoms with Gasteiger partial charge in [-0.15, -0.1) is 0 Å². The molecule has 4 aromatic rings. The fraction of sp³-hybridized carbons (Fsp3) is 0.533. The molecule has 0 spiro atoms. The number of likely N-dealkylation sites (tertiary alicyclic amines) is 2. The quantitative estimate of drug-likeness (QED) is 0.0840. The summed E-state index contributed by atoms with van der Waals surface area (Å²) < 4.78 is 10.7. The van der Waals surface area contributed by atoms with Gasteiger partial charge in [-0.3, -0.25) is 9.59 Å². The van der Waals surface area contributed by atoms with E-state index in [1.54, 1.807) is 9.80 Å². The van der Waals surface area contributed by atoms with Crippen molar-refractivity contribution in [2.45, 2.75) is 168 Å². The second-order valence-corrected chi connectivity index (χ2v) is 21.3. The van der Waals surface area contributed by atoms with Gasteiger partial charge in [-0.2, -0.15) is 0 Å². The van der Waals surface area contributed by atoms with Crippen molar-refractivity contribution in [1.82, 2.24) is 15.1 Å². The Hall–Kier alpha value is -5.68. The Morgan fingerprint density at radius 3 is 1.11 bits per heavy atom. The van der Waals surface area contributed by atoms with Crippen molar-refractivity contribution in [3.63, 3.8) is 0 Å². The number of aliphatic carboxylic acids is 1. The number of piperidine rings is 2. The van der Waals surface area contributed by atoms with Crippen LogP contribution in [0.5, 0.6) is 0 Å². The number of nitrogens with two attached hydrogens (primary N) is 1. The van der Waals surface area contributed by atoms with E-state index < -0.39 is 17.2 Å². The predicted molar refractivity (Wildman–Crippen MR) is 286 cm³/mol. The standard InChI is InChI=1S/C30H42N2O3.C19H25N.C11H19NO4/c1-30(2,3)35-29(34)32-22-20-26(21-23-32)28(33)31-27(18-10-16-24-12-6-4-7-13-24)19-11-17-25-14-8-5-9-15-25;20-19(15-7-13-17-9-3-1-4-10-17)16-8-14-18-11-5-2-6-12-18;1-11(2,3)16-10(15)12-6-4-8(5-7-12)9(13)14/h4-9,12-15,26-27H,10-11,16-23H2,1-3H3,(H,31,33);1-6,9-12,19H,7-8,13-16,20H2;8H,4-7H2,1-3H3,(H,13,14). The van der Waals surface area contributed by atoms with Gasteiger partial charge in [0.25, 0.3) is 0 Å². The molecule has 0 unspecified atom stereocenters. The minimum atomic E-state index is -0.774. The highest BCUT2D eigenvalue weighted by atomic mass is 16.6. The third-order valence-electron chi connectivity index (χ3n) is 12.8. The Kier molecular flexibility index (Phi) is 25.2. The van der Waals surface area contributed by atoms with Crippen molar-refractivity contribution in [1.29, 1.82) is 0 Å². The van der Waals surface area contributed by atoms with Gasteiger partial charge in [0.05, 0.1) is 5.92 Å². The van der Waals surface area contributed by atoms with Gasteiger partial charge in [0.2, 0.25) is 5.91 Å². The van der Waals surface area contributed by atoms with Gasteiger partial charge in [-0.05, 0) is 167 Å². The van der Waals surface area contributed by atoms with Crippen LogP contribution in [0.25, 0.3) is 0 Å². The molecule has 4 aromatic carbocycles. The average Bonchev–Trinajstić information content (AvgIpc) is 3.34. The van der Waals surface area contributed by atoms with E-state index in [1.165, 1.54) is 35.1 Å². The smallest absolute Gasteiger partial charge is 0.410 e. The summed E-state index contributed by atoms with van der Waals surface area (Å²) in [6.07, 6.45) is 14.8. The van der Waals surface area contributed by atoms with Crippen LogP contribution in [0.1, 0.15) is 141 Å². The highest BCUT2D eigenvalue weighted by Crippen LogP contribution is 2.23. The number of carboxylic acid groups (broad SMARTS) is 1. The van der Waals surface area contributed by atoms with Crippen LogP contribution < -0.4 is 11.1 Å². The van der Waals surface area contributed by atoms with Crippen LogP contribution in [-0.2, 0) is 44.7 Å². The van der Waals surface area contributed by atoms with Crippen molar-refractivity contribution in [2.24, 2.45) is 17.6 Å². The summed E-state index contributed by atoms with van der Waals surface area (Å²) in [5, 5.41) is 12.2. The van der Waals surface area contributed by atoms with Gasteiger partial charge in [0.1, 0.15) is 11.2 Å². The molecule has 4 N–H and O–H groups in total. The number of carbonyl (C=O) groups excluding carboxylic acids is 3. The van der Waals surface area contributed by atoms with Crippen molar-refractivity contribution < 1.29 is 33.8 Å². The van der Waals surface area contributed by atoms with E-state index in [-0.39, 0.29) is 36.0 Å². The second kappa shape index (κ2) is 30.9. The molecule has 11 heteroatoms. The van der Waals surface area contributed by atoms with E-state index in [0.717, 1.165) is 64.2 Å². The number of hydrogen-bond acceptors (Lipinski definition) is 7. The molecule has 6 rings (SSSR count). The van der Waals surface area contributed by atoms with Crippen molar-refractivity contribution in [2.75, 3.05) is 26.2 Å². The zero-order chi connectivity index (χ0) is 51.5. The first kappa shape index (κ1) is 57.9. The third kappa shape index (κ3) is 24.8. The SMILES string of the molecule is CC(C)(C)OC(=O)N1CCC(C(=O)NC(CCCc2ccccc2)CCCc2ccccc2)CC1.CC(C)(C)OC(=O)N1CCC(C(=O)O)CC1.NC(CCCc1ccccc1)CCCc1ccccc1. The van der Waals surface area contributed by atoms with Crippen LogP contribution in [0.15, 0.2) is 121 Å². The molecule has 71 heavy (non-hydrogen) atoms. The monoisotopic (exact) mass is 975 g/mol. The molecule has 11 nitrogen and oxygen atoms in total. The van der Waals surface area contributed by atoms with Crippen molar-refractivity contribution >= 4 is 24.1 Å². The first-order valence-electron chi connectivity index (χ1n) is 26.3. The van der Waals surface area contributed by atoms with Crippen molar-refractivity contribution in [3.05, 3.63) is 144 Å². The molecule has 0 saturated carbocycles. The minimum absolute atomic E-state index is 0.0422. The van der Waals surface area contributed by atoms with E-state index in [2.05, 4.69) is 115 Å². The fourth-order valence-corrected chi connectivity index (χ4v) is 8.86. The highest BCUT2D eigenvalue weighted by Gasteiger charge is 2.31. The summed E-state index contributed by atoms with van der Waals surface area (Å²) in [5.41, 5.74) is 10.7. The number of aryl methyl sites for hydroxylation is 4. The lowest BCUT2D eigenvalue weighted by Crippen LogP contribution is -2.46. The first-order chi connectivity index (χ1) is 33.9. The molecule has 2 aliphatic heterocycles. The van der Waals surface area contributed by atoms with Crippen LogP contribution in [-0.4, -0.2) is 88.4 Å². The zero-order valence-electron chi connectivity index (χ0n) is 43.9. The molecule has 2 aliphatic rings. The van der Waals surface area contributed by atoms with Crippen LogP contribution in [0.4, 0.5) is 9.59 Å². The normalized spacial score (nSPS) is 14.4. The van der Waals surface area contributed by atoms with E-state index in [4.69, 9.17) is 20.3 Å². The van der Waals surface area contributed by atoms with Gasteiger partial charge in [-0.1, -0.05) is 121 Å². The molecule has 2 heterocycles. The molecule has 0 bridgehead atoms. The summed E-state index contributed by atoms with van der Waals surface area (Å²) in [5.74, 6) is -1.000. The molecule has 2 fully saturated rings. The number of carbonyl (C=O) groups is 4. The summed E-state index contributed by atoms with van der Waals surface area (Å²) in [6.45, 7) is 13.1. The summed E-state index contributed by atoms with van der Waals surface area (Å²) in [6, 6.07) is 43.0. The molecule has 3 amide bonds. The number of carboxylic acids is 1. The van der Waals surface area contributed by atoms with Crippen LogP contribution in [0.2, 0.25) is 0 Å². The molecule has 0 atom stereocenters. The lowest BCUT2D eigenvalue weighted by molar-refractivity contribution is -0.143. The first-order valence-corrected chi connectivity index (χ1v) is 26.3. The van der Waals surface area contributed by atoms with Crippen molar-refractivity contribution in [3.8, 4) is 0 Å². The Bertz CT molecular complexity index is 2000. The molecular weight excluding hydrogens is 889 g/mol. The molecule has 0 aromatic heterocycles. The van der Waals surface area contributed by atoms with Gasteiger partial charge in [-0.25, -0.2) is 9.59 Å². The third-order valence-corrected chi connectivity index (χ3v) is 12.8. The number of benzene rings is 4. The summed E-state index contributed by atoms with van der Waals surface area (Å²) in [7, 11) is 0. The molecule has 0 aliphatic carbocycles. The number of hydrogen-bond donors (Lipinski definition) is 3. The number of nitrogens with zero attached hydrogens (tertiary/aromatic N) is 2.